The van der Waals surface area contributed by atoms with Crippen molar-refractivity contribution in [2.45, 2.75) is 6.92 Å². The van der Waals surface area contributed by atoms with Crippen molar-refractivity contribution in [2.24, 2.45) is 5.10 Å². The van der Waals surface area contributed by atoms with Crippen LogP contribution in [0.3, 0.4) is 0 Å². The van der Waals surface area contributed by atoms with Crippen LogP contribution in [-0.4, -0.2) is 22.1 Å². The molecular formula is C11H10N4OS. The number of hydrogen-bond acceptors (Lipinski definition) is 5. The first-order valence-corrected chi connectivity index (χ1v) is 5.79. The summed E-state index contributed by atoms with van der Waals surface area (Å²) in [5.74, 6) is -0.372. The SMILES string of the molecule is Cc1ccsc1C=NNC(=O)c1cnccn1. The van der Waals surface area contributed by atoms with Crippen molar-refractivity contribution in [3.8, 4) is 0 Å². The Bertz CT molecular complexity index is 535. The minimum absolute atomic E-state index is 0.243. The van der Waals surface area contributed by atoms with Gasteiger partial charge in [-0.2, -0.15) is 5.10 Å². The van der Waals surface area contributed by atoms with Crippen molar-refractivity contribution >= 4 is 23.5 Å². The third kappa shape index (κ3) is 2.94. The highest BCUT2D eigenvalue weighted by molar-refractivity contribution is 7.11. The quantitative estimate of drug-likeness (QED) is 0.661. The number of nitrogens with zero attached hydrogens (tertiary/aromatic N) is 3. The van der Waals surface area contributed by atoms with Gasteiger partial charge in [-0.15, -0.1) is 11.3 Å². The maximum absolute atomic E-state index is 11.5. The highest BCUT2D eigenvalue weighted by Gasteiger charge is 2.04. The standard InChI is InChI=1S/C11H10N4OS/c1-8-2-5-17-10(8)7-14-15-11(16)9-6-12-3-4-13-9/h2-7H,1H3,(H,15,16). The van der Waals surface area contributed by atoms with Gasteiger partial charge in [0.25, 0.3) is 5.91 Å². The van der Waals surface area contributed by atoms with Gasteiger partial charge in [-0.1, -0.05) is 0 Å². The van der Waals surface area contributed by atoms with Crippen LogP contribution in [0, 0.1) is 6.92 Å². The molecule has 0 aliphatic heterocycles. The fourth-order valence-electron chi connectivity index (χ4n) is 1.14. The van der Waals surface area contributed by atoms with Crippen molar-refractivity contribution < 1.29 is 4.79 Å². The van der Waals surface area contributed by atoms with Crippen molar-refractivity contribution in [3.05, 3.63) is 46.2 Å². The molecule has 0 bridgehead atoms. The molecule has 0 spiro atoms. The first-order valence-electron chi connectivity index (χ1n) is 4.91. The van der Waals surface area contributed by atoms with Crippen molar-refractivity contribution in [2.75, 3.05) is 0 Å². The van der Waals surface area contributed by atoms with E-state index in [0.29, 0.717) is 0 Å². The summed E-state index contributed by atoms with van der Waals surface area (Å²) in [7, 11) is 0. The molecule has 0 aliphatic rings. The van der Waals surface area contributed by atoms with Gasteiger partial charge in [0.15, 0.2) is 0 Å². The lowest BCUT2D eigenvalue weighted by atomic mass is 10.3. The normalized spacial score (nSPS) is 10.6. The number of rotatable bonds is 3. The average Bonchev–Trinajstić information content (AvgIpc) is 2.76. The summed E-state index contributed by atoms with van der Waals surface area (Å²) in [6.45, 7) is 1.99. The molecule has 2 heterocycles. The third-order valence-corrected chi connectivity index (χ3v) is 3.00. The molecule has 1 N–H and O–H groups in total. The van der Waals surface area contributed by atoms with E-state index in [9.17, 15) is 4.79 Å². The van der Waals surface area contributed by atoms with Crippen LogP contribution in [0.25, 0.3) is 0 Å². The van der Waals surface area contributed by atoms with Crippen LogP contribution in [0.15, 0.2) is 35.1 Å². The smallest absolute Gasteiger partial charge is 0.265 e. The van der Waals surface area contributed by atoms with Gasteiger partial charge in [-0.05, 0) is 23.9 Å². The van der Waals surface area contributed by atoms with Crippen LogP contribution < -0.4 is 5.43 Å². The number of aromatic nitrogens is 2. The summed E-state index contributed by atoms with van der Waals surface area (Å²) < 4.78 is 0. The van der Waals surface area contributed by atoms with Crippen molar-refractivity contribution in [1.29, 1.82) is 0 Å². The van der Waals surface area contributed by atoms with Gasteiger partial charge < -0.3 is 0 Å². The second-order valence-corrected chi connectivity index (χ2v) is 4.21. The largest absolute Gasteiger partial charge is 0.291 e. The van der Waals surface area contributed by atoms with E-state index in [0.717, 1.165) is 10.4 Å². The average molecular weight is 246 g/mol. The van der Waals surface area contributed by atoms with Gasteiger partial charge in [0.05, 0.1) is 12.4 Å². The maximum atomic E-state index is 11.5. The summed E-state index contributed by atoms with van der Waals surface area (Å²) in [6.07, 6.45) is 5.98. The predicted molar refractivity (Wildman–Crippen MR) is 66.1 cm³/mol. The van der Waals surface area contributed by atoms with Gasteiger partial charge in [-0.25, -0.2) is 10.4 Å². The molecule has 86 valence electrons. The molecule has 17 heavy (non-hydrogen) atoms. The van der Waals surface area contributed by atoms with Gasteiger partial charge in [0.2, 0.25) is 0 Å². The molecule has 2 aromatic rings. The molecule has 5 nitrogen and oxygen atoms in total. The molecule has 0 aromatic carbocycles. The van der Waals surface area contributed by atoms with Crippen LogP contribution >= 0.6 is 11.3 Å². The van der Waals surface area contributed by atoms with E-state index in [1.807, 2.05) is 18.4 Å². The first-order chi connectivity index (χ1) is 8.27. The molecule has 0 radical (unpaired) electrons. The molecular weight excluding hydrogens is 236 g/mol. The van der Waals surface area contributed by atoms with Crippen LogP contribution in [0.4, 0.5) is 0 Å². The molecule has 1 amide bonds. The minimum atomic E-state index is -0.372. The van der Waals surface area contributed by atoms with Gasteiger partial charge in [-0.3, -0.25) is 9.78 Å². The highest BCUT2D eigenvalue weighted by Crippen LogP contribution is 2.12. The number of carbonyl (C=O) groups is 1. The number of nitrogens with one attached hydrogen (secondary N) is 1. The number of thiophene rings is 1. The number of hydrazone groups is 1. The Morgan fingerprint density at radius 3 is 3.06 bits per heavy atom. The van der Waals surface area contributed by atoms with E-state index >= 15 is 0 Å². The Labute approximate surface area is 102 Å². The Kier molecular flexibility index (Phi) is 3.56. The van der Waals surface area contributed by atoms with Crippen LogP contribution in [0.5, 0.6) is 0 Å². The fraction of sp³-hybridized carbons (Fsp3) is 0.0909. The zero-order valence-electron chi connectivity index (χ0n) is 9.12. The van der Waals surface area contributed by atoms with E-state index in [1.165, 1.54) is 18.6 Å². The molecule has 0 fully saturated rings. The topological polar surface area (TPSA) is 67.2 Å². The number of hydrogen-bond donors (Lipinski definition) is 1. The summed E-state index contributed by atoms with van der Waals surface area (Å²) >= 11 is 1.57. The molecule has 6 heteroatoms. The van der Waals surface area contributed by atoms with Gasteiger partial charge in [0, 0.05) is 17.3 Å². The number of amides is 1. The Morgan fingerprint density at radius 1 is 1.53 bits per heavy atom. The van der Waals surface area contributed by atoms with E-state index in [4.69, 9.17) is 0 Å². The van der Waals surface area contributed by atoms with Crippen LogP contribution in [-0.2, 0) is 0 Å². The summed E-state index contributed by atoms with van der Waals surface area (Å²) in [5.41, 5.74) is 3.77. The number of carbonyl (C=O) groups excluding carboxylic acids is 1. The molecule has 0 saturated heterocycles. The molecule has 0 saturated carbocycles. The first kappa shape index (κ1) is 11.4. The lowest BCUT2D eigenvalue weighted by molar-refractivity contribution is 0.0950. The second-order valence-electron chi connectivity index (χ2n) is 3.26. The van der Waals surface area contributed by atoms with Crippen LogP contribution in [0.2, 0.25) is 0 Å². The van der Waals surface area contributed by atoms with Crippen molar-refractivity contribution in [1.82, 2.24) is 15.4 Å². The minimum Gasteiger partial charge on any atom is -0.265 e. The summed E-state index contributed by atoms with van der Waals surface area (Å²) in [5, 5.41) is 5.84. The summed E-state index contributed by atoms with van der Waals surface area (Å²) in [4.78, 5) is 20.2. The zero-order chi connectivity index (χ0) is 12.1. The monoisotopic (exact) mass is 246 g/mol. The summed E-state index contributed by atoms with van der Waals surface area (Å²) in [6, 6.07) is 2.00. The van der Waals surface area contributed by atoms with E-state index < -0.39 is 0 Å². The van der Waals surface area contributed by atoms with Gasteiger partial charge >= 0.3 is 0 Å². The highest BCUT2D eigenvalue weighted by atomic mass is 32.1. The molecule has 2 aromatic heterocycles. The molecule has 0 atom stereocenters. The van der Waals surface area contributed by atoms with E-state index in [2.05, 4.69) is 20.5 Å². The Morgan fingerprint density at radius 2 is 2.41 bits per heavy atom. The van der Waals surface area contributed by atoms with Crippen molar-refractivity contribution in [3.63, 3.8) is 0 Å². The predicted octanol–water partition coefficient (Wildman–Crippen LogP) is 1.61. The fourth-order valence-corrected chi connectivity index (χ4v) is 1.93. The van der Waals surface area contributed by atoms with E-state index in [1.54, 1.807) is 17.6 Å². The number of aryl methyl sites for hydroxylation is 1. The second kappa shape index (κ2) is 5.31. The lowest BCUT2D eigenvalue weighted by Gasteiger charge is -1.96. The zero-order valence-corrected chi connectivity index (χ0v) is 9.94. The van der Waals surface area contributed by atoms with Gasteiger partial charge in [0.1, 0.15) is 5.69 Å². The molecule has 0 unspecified atom stereocenters. The molecule has 0 aliphatic carbocycles. The van der Waals surface area contributed by atoms with Crippen LogP contribution in [0.1, 0.15) is 20.9 Å². The maximum Gasteiger partial charge on any atom is 0.291 e. The lowest BCUT2D eigenvalue weighted by Crippen LogP contribution is -2.18. The molecule has 2 rings (SSSR count). The Hall–Kier alpha value is -2.08. The van der Waals surface area contributed by atoms with E-state index in [-0.39, 0.29) is 11.6 Å². The Balaban J connectivity index is 1.97. The third-order valence-electron chi connectivity index (χ3n) is 2.05.